The fourth-order valence-corrected chi connectivity index (χ4v) is 4.32. The maximum atomic E-state index is 12.8. The summed E-state index contributed by atoms with van der Waals surface area (Å²) >= 11 is 0. The van der Waals surface area contributed by atoms with E-state index in [0.717, 1.165) is 38.9 Å². The number of benzene rings is 2. The van der Waals surface area contributed by atoms with Crippen LogP contribution in [0.25, 0.3) is 0 Å². The van der Waals surface area contributed by atoms with E-state index in [1.165, 1.54) is 15.4 Å². The first-order valence-corrected chi connectivity index (χ1v) is 10.8. The zero-order chi connectivity index (χ0) is 21.1. The number of unbranched alkanes of at least 4 members (excludes halogenated alkanes) is 1. The van der Waals surface area contributed by atoms with E-state index < -0.39 is 0 Å². The summed E-state index contributed by atoms with van der Waals surface area (Å²) in [6.07, 6.45) is 2.62. The summed E-state index contributed by atoms with van der Waals surface area (Å²) in [6.45, 7) is 5.30. The van der Waals surface area contributed by atoms with Gasteiger partial charge in [-0.25, -0.2) is 0 Å². The third-order valence-electron chi connectivity index (χ3n) is 5.98. The highest BCUT2D eigenvalue weighted by molar-refractivity contribution is 6.22. The molecule has 0 saturated carbocycles. The van der Waals surface area contributed by atoms with Crippen molar-refractivity contribution in [2.75, 3.05) is 19.6 Å². The minimum absolute atomic E-state index is 0.114. The Hall–Kier alpha value is -2.99. The van der Waals surface area contributed by atoms with Gasteiger partial charge in [-0.2, -0.15) is 0 Å². The smallest absolute Gasteiger partial charge is 0.261 e. The summed E-state index contributed by atoms with van der Waals surface area (Å²) in [5.41, 5.74) is 2.47. The quantitative estimate of drug-likeness (QED) is 0.687. The van der Waals surface area contributed by atoms with Crippen LogP contribution in [0.3, 0.4) is 0 Å². The van der Waals surface area contributed by atoms with E-state index in [1.807, 2.05) is 25.1 Å². The SMILES string of the molecule is CCCCN1C(=O)c2ccc(C(=O)N[C@H]3CC[NH+](Cc4ccccc4)C3)cc2C1=O. The van der Waals surface area contributed by atoms with Gasteiger partial charge in [-0.1, -0.05) is 43.7 Å². The molecule has 3 amide bonds. The predicted octanol–water partition coefficient (Wildman–Crippen LogP) is 1.67. The van der Waals surface area contributed by atoms with E-state index in [2.05, 4.69) is 17.4 Å². The monoisotopic (exact) mass is 406 g/mol. The molecular formula is C24H28N3O3+. The van der Waals surface area contributed by atoms with Gasteiger partial charge >= 0.3 is 0 Å². The average Bonchev–Trinajstić information content (AvgIpc) is 3.29. The number of amides is 3. The number of fused-ring (bicyclic) bond motifs is 1. The maximum absolute atomic E-state index is 12.8. The molecule has 2 heterocycles. The fourth-order valence-electron chi connectivity index (χ4n) is 4.32. The Kier molecular flexibility index (Phi) is 5.95. The second-order valence-electron chi connectivity index (χ2n) is 8.20. The number of likely N-dealkylation sites (tertiary alicyclic amines) is 1. The highest BCUT2D eigenvalue weighted by Crippen LogP contribution is 2.24. The molecule has 0 aromatic heterocycles. The van der Waals surface area contributed by atoms with Crippen molar-refractivity contribution in [1.82, 2.24) is 10.2 Å². The van der Waals surface area contributed by atoms with Gasteiger partial charge in [0.05, 0.1) is 30.3 Å². The Balaban J connectivity index is 1.38. The first-order chi connectivity index (χ1) is 14.6. The molecule has 1 fully saturated rings. The van der Waals surface area contributed by atoms with Gasteiger partial charge < -0.3 is 10.2 Å². The van der Waals surface area contributed by atoms with Gasteiger partial charge in [-0.3, -0.25) is 19.3 Å². The van der Waals surface area contributed by atoms with Gasteiger partial charge in [0.1, 0.15) is 6.54 Å². The number of imide groups is 1. The molecule has 30 heavy (non-hydrogen) atoms. The van der Waals surface area contributed by atoms with Crippen molar-refractivity contribution in [1.29, 1.82) is 0 Å². The molecule has 6 nitrogen and oxygen atoms in total. The first kappa shape index (κ1) is 20.3. The lowest BCUT2D eigenvalue weighted by Crippen LogP contribution is -3.09. The van der Waals surface area contributed by atoms with Crippen molar-refractivity contribution < 1.29 is 19.3 Å². The van der Waals surface area contributed by atoms with Crippen molar-refractivity contribution >= 4 is 17.7 Å². The highest BCUT2D eigenvalue weighted by Gasteiger charge is 2.36. The van der Waals surface area contributed by atoms with Crippen LogP contribution in [-0.4, -0.2) is 48.3 Å². The minimum Gasteiger partial charge on any atom is -0.343 e. The highest BCUT2D eigenvalue weighted by atomic mass is 16.2. The van der Waals surface area contributed by atoms with E-state index in [0.29, 0.717) is 23.2 Å². The molecule has 156 valence electrons. The van der Waals surface area contributed by atoms with Gasteiger partial charge in [0.2, 0.25) is 0 Å². The van der Waals surface area contributed by atoms with Crippen molar-refractivity contribution in [3.05, 3.63) is 70.8 Å². The Morgan fingerprint density at radius 2 is 1.87 bits per heavy atom. The Morgan fingerprint density at radius 3 is 2.63 bits per heavy atom. The summed E-state index contributed by atoms with van der Waals surface area (Å²) in [4.78, 5) is 40.6. The largest absolute Gasteiger partial charge is 0.343 e. The van der Waals surface area contributed by atoms with E-state index in [4.69, 9.17) is 0 Å². The Bertz CT molecular complexity index is 957. The molecule has 0 spiro atoms. The van der Waals surface area contributed by atoms with Crippen LogP contribution in [0.1, 0.15) is 62.8 Å². The summed E-state index contributed by atoms with van der Waals surface area (Å²) in [5.74, 6) is -0.736. The van der Waals surface area contributed by atoms with E-state index in [1.54, 1.807) is 18.2 Å². The first-order valence-electron chi connectivity index (χ1n) is 10.8. The van der Waals surface area contributed by atoms with Crippen molar-refractivity contribution in [3.8, 4) is 0 Å². The minimum atomic E-state index is -0.294. The molecule has 2 aliphatic heterocycles. The van der Waals surface area contributed by atoms with E-state index in [-0.39, 0.29) is 23.8 Å². The van der Waals surface area contributed by atoms with Gasteiger partial charge in [-0.15, -0.1) is 0 Å². The van der Waals surface area contributed by atoms with Crippen LogP contribution in [0.4, 0.5) is 0 Å². The Morgan fingerprint density at radius 1 is 1.10 bits per heavy atom. The van der Waals surface area contributed by atoms with Crippen LogP contribution in [0.15, 0.2) is 48.5 Å². The second kappa shape index (κ2) is 8.79. The molecule has 6 heteroatoms. The van der Waals surface area contributed by atoms with Gasteiger partial charge in [0.15, 0.2) is 0 Å². The summed E-state index contributed by atoms with van der Waals surface area (Å²) in [5, 5.41) is 3.10. The van der Waals surface area contributed by atoms with Crippen molar-refractivity contribution in [2.24, 2.45) is 0 Å². The molecule has 0 aliphatic carbocycles. The zero-order valence-electron chi connectivity index (χ0n) is 17.3. The Labute approximate surface area is 176 Å². The molecule has 1 unspecified atom stereocenters. The summed E-state index contributed by atoms with van der Waals surface area (Å²) < 4.78 is 0. The number of nitrogens with zero attached hydrogens (tertiary/aromatic N) is 1. The molecule has 2 aliphatic rings. The molecule has 2 aromatic carbocycles. The lowest BCUT2D eigenvalue weighted by molar-refractivity contribution is -0.901. The standard InChI is InChI=1S/C24H27N3O3/c1-2-3-12-27-23(29)20-10-9-18(14-21(20)24(27)30)22(28)25-19-11-13-26(16-19)15-17-7-5-4-6-8-17/h4-10,14,19H,2-3,11-13,15-16H2,1H3,(H,25,28)/p+1/t19-/m0/s1. The molecule has 0 radical (unpaired) electrons. The van der Waals surface area contributed by atoms with E-state index >= 15 is 0 Å². The molecule has 2 aromatic rings. The van der Waals surface area contributed by atoms with Crippen LogP contribution in [0.2, 0.25) is 0 Å². The van der Waals surface area contributed by atoms with Gasteiger partial charge in [0.25, 0.3) is 17.7 Å². The van der Waals surface area contributed by atoms with Gasteiger partial charge in [-0.05, 0) is 24.6 Å². The molecule has 2 N–H and O–H groups in total. The number of quaternary nitrogens is 1. The lowest BCUT2D eigenvalue weighted by atomic mass is 10.0. The topological polar surface area (TPSA) is 70.9 Å². The average molecular weight is 407 g/mol. The molecule has 1 saturated heterocycles. The fraction of sp³-hybridized carbons (Fsp3) is 0.375. The van der Waals surface area contributed by atoms with Crippen LogP contribution in [-0.2, 0) is 6.54 Å². The van der Waals surface area contributed by atoms with Crippen molar-refractivity contribution in [3.63, 3.8) is 0 Å². The molecule has 2 atom stereocenters. The van der Waals surface area contributed by atoms with Crippen LogP contribution < -0.4 is 10.2 Å². The third kappa shape index (κ3) is 4.14. The van der Waals surface area contributed by atoms with Crippen LogP contribution in [0, 0.1) is 0 Å². The zero-order valence-corrected chi connectivity index (χ0v) is 17.3. The summed E-state index contributed by atoms with van der Waals surface area (Å²) in [6, 6.07) is 15.3. The van der Waals surface area contributed by atoms with Gasteiger partial charge in [0, 0.05) is 24.1 Å². The van der Waals surface area contributed by atoms with Crippen LogP contribution in [0.5, 0.6) is 0 Å². The third-order valence-corrected chi connectivity index (χ3v) is 5.98. The molecule has 4 rings (SSSR count). The number of rotatable bonds is 7. The van der Waals surface area contributed by atoms with E-state index in [9.17, 15) is 14.4 Å². The number of carbonyl (C=O) groups is 3. The number of hydrogen-bond donors (Lipinski definition) is 2. The normalized spacial score (nSPS) is 20.5. The number of nitrogens with one attached hydrogen (secondary N) is 2. The maximum Gasteiger partial charge on any atom is 0.261 e. The number of carbonyl (C=O) groups excluding carboxylic acids is 3. The van der Waals surface area contributed by atoms with Crippen LogP contribution >= 0.6 is 0 Å². The number of hydrogen-bond acceptors (Lipinski definition) is 3. The second-order valence-corrected chi connectivity index (χ2v) is 8.20. The lowest BCUT2D eigenvalue weighted by Gasteiger charge is -2.14. The molecular weight excluding hydrogens is 378 g/mol. The van der Waals surface area contributed by atoms with Crippen molar-refractivity contribution in [2.45, 2.75) is 38.8 Å². The molecule has 0 bridgehead atoms. The predicted molar refractivity (Wildman–Crippen MR) is 113 cm³/mol. The summed E-state index contributed by atoms with van der Waals surface area (Å²) in [7, 11) is 0.